The van der Waals surface area contributed by atoms with Gasteiger partial charge in [0.05, 0.1) is 5.92 Å². The predicted octanol–water partition coefficient (Wildman–Crippen LogP) is 4.12. The molecule has 2 nitrogen and oxygen atoms in total. The van der Waals surface area contributed by atoms with Crippen LogP contribution in [0.3, 0.4) is 0 Å². The minimum atomic E-state index is 0.0124. The van der Waals surface area contributed by atoms with Gasteiger partial charge in [-0.25, -0.2) is 0 Å². The van der Waals surface area contributed by atoms with Crippen molar-refractivity contribution >= 4 is 5.91 Å². The summed E-state index contributed by atoms with van der Waals surface area (Å²) in [7, 11) is 0. The highest BCUT2D eigenvalue weighted by Crippen LogP contribution is 2.53. The number of rotatable bonds is 4. The maximum atomic E-state index is 12.9. The van der Waals surface area contributed by atoms with Crippen LogP contribution in [0, 0.1) is 23.7 Å². The van der Waals surface area contributed by atoms with Gasteiger partial charge < -0.3 is 5.32 Å². The molecule has 1 aromatic rings. The lowest BCUT2D eigenvalue weighted by atomic mass is 9.54. The third-order valence-electron chi connectivity index (χ3n) is 6.46. The average molecular weight is 297 g/mol. The molecule has 4 bridgehead atoms. The van der Waals surface area contributed by atoms with Crippen LogP contribution >= 0.6 is 0 Å². The van der Waals surface area contributed by atoms with Gasteiger partial charge in [-0.15, -0.1) is 0 Å². The number of carbonyl (C=O) groups excluding carboxylic acids is 1. The molecule has 0 heterocycles. The SMILES string of the molecule is CC[C@H](C(=O)NC1C2CC3CC(C2)CC1C3)c1ccccc1. The van der Waals surface area contributed by atoms with Gasteiger partial charge in [0.25, 0.3) is 0 Å². The van der Waals surface area contributed by atoms with Crippen molar-refractivity contribution in [3.8, 4) is 0 Å². The van der Waals surface area contributed by atoms with E-state index in [0.717, 1.165) is 35.7 Å². The van der Waals surface area contributed by atoms with E-state index >= 15 is 0 Å². The molecule has 0 aromatic heterocycles. The summed E-state index contributed by atoms with van der Waals surface area (Å²) in [4.78, 5) is 12.9. The number of benzene rings is 1. The Balaban J connectivity index is 1.47. The Hall–Kier alpha value is -1.31. The highest BCUT2D eigenvalue weighted by Gasteiger charge is 2.48. The highest BCUT2D eigenvalue weighted by molar-refractivity contribution is 5.83. The van der Waals surface area contributed by atoms with E-state index in [4.69, 9.17) is 0 Å². The Morgan fingerprint density at radius 3 is 2.18 bits per heavy atom. The zero-order chi connectivity index (χ0) is 15.1. The van der Waals surface area contributed by atoms with Crippen molar-refractivity contribution in [1.29, 1.82) is 0 Å². The summed E-state index contributed by atoms with van der Waals surface area (Å²) in [5.74, 6) is 3.71. The lowest BCUT2D eigenvalue weighted by Crippen LogP contribution is -2.56. The second-order valence-corrected chi connectivity index (χ2v) is 7.84. The molecule has 5 rings (SSSR count). The largest absolute Gasteiger partial charge is 0.352 e. The predicted molar refractivity (Wildman–Crippen MR) is 88.4 cm³/mol. The quantitative estimate of drug-likeness (QED) is 0.890. The van der Waals surface area contributed by atoms with Gasteiger partial charge in [0.2, 0.25) is 5.91 Å². The second-order valence-electron chi connectivity index (χ2n) is 7.84. The van der Waals surface area contributed by atoms with Gasteiger partial charge in [0.1, 0.15) is 0 Å². The number of hydrogen-bond acceptors (Lipinski definition) is 1. The Labute approximate surface area is 133 Å². The van der Waals surface area contributed by atoms with Crippen LogP contribution in [0.25, 0.3) is 0 Å². The fraction of sp³-hybridized carbons (Fsp3) is 0.650. The molecule has 1 aromatic carbocycles. The third kappa shape index (κ3) is 2.47. The van der Waals surface area contributed by atoms with E-state index in [9.17, 15) is 4.79 Å². The van der Waals surface area contributed by atoms with Crippen molar-refractivity contribution < 1.29 is 4.79 Å². The fourth-order valence-corrected chi connectivity index (χ4v) is 5.68. The minimum absolute atomic E-state index is 0.0124. The summed E-state index contributed by atoms with van der Waals surface area (Å²) in [6.45, 7) is 2.12. The Morgan fingerprint density at radius 1 is 1.05 bits per heavy atom. The van der Waals surface area contributed by atoms with Crippen LogP contribution in [0.2, 0.25) is 0 Å². The Kier molecular flexibility index (Phi) is 3.71. The zero-order valence-electron chi connectivity index (χ0n) is 13.5. The molecule has 0 unspecified atom stereocenters. The lowest BCUT2D eigenvalue weighted by molar-refractivity contribution is -0.126. The first-order valence-corrected chi connectivity index (χ1v) is 9.10. The first-order chi connectivity index (χ1) is 10.7. The van der Waals surface area contributed by atoms with Crippen LogP contribution < -0.4 is 5.32 Å². The molecular weight excluding hydrogens is 270 g/mol. The molecule has 4 fully saturated rings. The van der Waals surface area contributed by atoms with E-state index in [0.29, 0.717) is 6.04 Å². The average Bonchev–Trinajstić information content (AvgIpc) is 2.52. The zero-order valence-corrected chi connectivity index (χ0v) is 13.5. The summed E-state index contributed by atoms with van der Waals surface area (Å²) in [5, 5.41) is 3.47. The van der Waals surface area contributed by atoms with Crippen LogP contribution in [0.1, 0.15) is 56.9 Å². The molecule has 4 aliphatic rings. The summed E-state index contributed by atoms with van der Waals surface area (Å²) in [6, 6.07) is 10.7. The van der Waals surface area contributed by atoms with E-state index in [-0.39, 0.29) is 11.8 Å². The van der Waals surface area contributed by atoms with Gasteiger partial charge in [0, 0.05) is 6.04 Å². The normalized spacial score (nSPS) is 37.0. The highest BCUT2D eigenvalue weighted by atomic mass is 16.1. The molecule has 0 saturated heterocycles. The Morgan fingerprint density at radius 2 is 1.64 bits per heavy atom. The first kappa shape index (κ1) is 14.3. The molecule has 4 saturated carbocycles. The number of nitrogens with one attached hydrogen (secondary N) is 1. The second kappa shape index (κ2) is 5.72. The molecular formula is C20H27NO. The molecule has 118 valence electrons. The number of hydrogen-bond donors (Lipinski definition) is 1. The molecule has 1 atom stereocenters. The molecule has 1 amide bonds. The van der Waals surface area contributed by atoms with E-state index in [1.54, 1.807) is 0 Å². The van der Waals surface area contributed by atoms with Gasteiger partial charge in [-0.2, -0.15) is 0 Å². The van der Waals surface area contributed by atoms with Crippen molar-refractivity contribution in [2.75, 3.05) is 0 Å². The molecule has 2 heteroatoms. The molecule has 22 heavy (non-hydrogen) atoms. The van der Waals surface area contributed by atoms with Crippen molar-refractivity contribution in [2.24, 2.45) is 23.7 Å². The van der Waals surface area contributed by atoms with Crippen LogP contribution in [-0.4, -0.2) is 11.9 Å². The van der Waals surface area contributed by atoms with Crippen molar-refractivity contribution in [3.63, 3.8) is 0 Å². The summed E-state index contributed by atoms with van der Waals surface area (Å²) >= 11 is 0. The summed E-state index contributed by atoms with van der Waals surface area (Å²) < 4.78 is 0. The fourth-order valence-electron chi connectivity index (χ4n) is 5.68. The van der Waals surface area contributed by atoms with E-state index in [1.165, 1.54) is 32.1 Å². The monoisotopic (exact) mass is 297 g/mol. The molecule has 1 N–H and O–H groups in total. The van der Waals surface area contributed by atoms with Crippen molar-refractivity contribution in [2.45, 2.75) is 57.4 Å². The third-order valence-corrected chi connectivity index (χ3v) is 6.46. The number of carbonyl (C=O) groups is 1. The summed E-state index contributed by atoms with van der Waals surface area (Å²) in [6.07, 6.45) is 7.79. The van der Waals surface area contributed by atoms with E-state index in [1.807, 2.05) is 18.2 Å². The van der Waals surface area contributed by atoms with Crippen LogP contribution in [0.15, 0.2) is 30.3 Å². The van der Waals surface area contributed by atoms with Crippen LogP contribution in [-0.2, 0) is 4.79 Å². The molecule has 0 spiro atoms. The standard InChI is InChI=1S/C20H27NO/c1-2-18(15-6-4-3-5-7-15)20(22)21-19-16-9-13-8-14(11-16)12-17(19)10-13/h3-7,13-14,16-19H,2,8-12H2,1H3,(H,21,22)/t13?,14?,16?,17?,18-,19?/m0/s1. The smallest absolute Gasteiger partial charge is 0.227 e. The van der Waals surface area contributed by atoms with Gasteiger partial charge in [0.15, 0.2) is 0 Å². The minimum Gasteiger partial charge on any atom is -0.352 e. The molecule has 0 aliphatic heterocycles. The topological polar surface area (TPSA) is 29.1 Å². The molecule has 0 radical (unpaired) electrons. The van der Waals surface area contributed by atoms with Crippen LogP contribution in [0.4, 0.5) is 0 Å². The summed E-state index contributed by atoms with van der Waals surface area (Å²) in [5.41, 5.74) is 1.16. The Bertz CT molecular complexity index is 510. The van der Waals surface area contributed by atoms with Gasteiger partial charge in [-0.1, -0.05) is 37.3 Å². The van der Waals surface area contributed by atoms with Gasteiger partial charge >= 0.3 is 0 Å². The lowest BCUT2D eigenvalue weighted by Gasteiger charge is -2.54. The van der Waals surface area contributed by atoms with Gasteiger partial charge in [-0.3, -0.25) is 4.79 Å². The van der Waals surface area contributed by atoms with Crippen molar-refractivity contribution in [3.05, 3.63) is 35.9 Å². The maximum absolute atomic E-state index is 12.9. The maximum Gasteiger partial charge on any atom is 0.227 e. The van der Waals surface area contributed by atoms with Gasteiger partial charge in [-0.05, 0) is 67.8 Å². The van der Waals surface area contributed by atoms with E-state index < -0.39 is 0 Å². The van der Waals surface area contributed by atoms with Crippen LogP contribution in [0.5, 0.6) is 0 Å². The van der Waals surface area contributed by atoms with E-state index in [2.05, 4.69) is 24.4 Å². The number of amides is 1. The van der Waals surface area contributed by atoms with Crippen molar-refractivity contribution in [1.82, 2.24) is 5.32 Å². The molecule has 4 aliphatic carbocycles. The first-order valence-electron chi connectivity index (χ1n) is 9.10.